The molecule has 0 aliphatic heterocycles. The molecule has 0 saturated heterocycles. The zero-order valence-electron chi connectivity index (χ0n) is 20.7. The highest BCUT2D eigenvalue weighted by atomic mass is 35.5. The number of carbonyl (C=O) groups excluding carboxylic acids is 1. The zero-order valence-corrected chi connectivity index (χ0v) is 21.5. The Kier molecular flexibility index (Phi) is 8.72. The first-order valence-corrected chi connectivity index (χ1v) is 11.6. The summed E-state index contributed by atoms with van der Waals surface area (Å²) in [6.07, 6.45) is -2.92. The highest BCUT2D eigenvalue weighted by Crippen LogP contribution is 2.39. The molecule has 0 bridgehead atoms. The molecule has 2 atom stereocenters. The molecule has 2 heterocycles. The first-order valence-electron chi connectivity index (χ1n) is 11.2. The Hall–Kier alpha value is -3.41. The minimum absolute atomic E-state index is 0.172. The Morgan fingerprint density at radius 1 is 1.19 bits per heavy atom. The summed E-state index contributed by atoms with van der Waals surface area (Å²) in [7, 11) is 3.40. The molecule has 0 fully saturated rings. The van der Waals surface area contributed by atoms with E-state index in [1.54, 1.807) is 12.1 Å². The number of nitrogens with two attached hydrogens (primary N) is 1. The van der Waals surface area contributed by atoms with Gasteiger partial charge in [0.2, 0.25) is 11.7 Å². The molecule has 194 valence electrons. The number of aromatic nitrogens is 3. The lowest BCUT2D eigenvalue weighted by Gasteiger charge is -2.23. The van der Waals surface area contributed by atoms with Gasteiger partial charge in [-0.05, 0) is 45.0 Å². The van der Waals surface area contributed by atoms with Crippen LogP contribution in [-0.4, -0.2) is 70.3 Å². The van der Waals surface area contributed by atoms with Crippen LogP contribution < -0.4 is 20.1 Å². The maximum absolute atomic E-state index is 11.0. The maximum atomic E-state index is 11.0. The van der Waals surface area contributed by atoms with Gasteiger partial charge in [0.15, 0.2) is 11.5 Å². The maximum Gasteiger partial charge on any atom is 0.258 e. The molecule has 1 unspecified atom stereocenters. The van der Waals surface area contributed by atoms with Crippen LogP contribution >= 0.6 is 11.6 Å². The topological polar surface area (TPSA) is 157 Å². The van der Waals surface area contributed by atoms with Gasteiger partial charge in [0, 0.05) is 36.3 Å². The second-order valence-electron chi connectivity index (χ2n) is 8.59. The number of pyridine rings is 1. The molecule has 0 aliphatic rings. The van der Waals surface area contributed by atoms with E-state index in [0.29, 0.717) is 11.5 Å². The van der Waals surface area contributed by atoms with Crippen molar-refractivity contribution in [3.8, 4) is 34.3 Å². The van der Waals surface area contributed by atoms with Crippen LogP contribution in [0.25, 0.3) is 22.8 Å². The van der Waals surface area contributed by atoms with Crippen LogP contribution in [0.2, 0.25) is 5.02 Å². The van der Waals surface area contributed by atoms with Crippen molar-refractivity contribution in [1.82, 2.24) is 15.1 Å². The van der Waals surface area contributed by atoms with Crippen molar-refractivity contribution >= 4 is 23.3 Å². The second-order valence-corrected chi connectivity index (χ2v) is 9.00. The minimum Gasteiger partial charge on any atom is -0.493 e. The summed E-state index contributed by atoms with van der Waals surface area (Å²) in [4.78, 5) is 22.1. The standard InChI is InChI=1S/C24H30ClN5O6/c1-12(2)30(4)20-9-15(6-13(3)27-20)24-28-23(29-36-24)14-7-17(25)21(19(8-14)34-5)35-11-16(31)10-18(32)22(26)33/h6-9,12,16,18,31-32H,10-11H2,1-5H3,(H2,26,33)/t16-,18?/m1/s1. The predicted molar refractivity (Wildman–Crippen MR) is 134 cm³/mol. The Bertz CT molecular complexity index is 1220. The van der Waals surface area contributed by atoms with Crippen LogP contribution in [0.15, 0.2) is 28.8 Å². The van der Waals surface area contributed by atoms with Gasteiger partial charge in [-0.3, -0.25) is 4.79 Å². The van der Waals surface area contributed by atoms with Crippen LogP contribution in [0.3, 0.4) is 0 Å². The van der Waals surface area contributed by atoms with E-state index in [0.717, 1.165) is 17.1 Å². The van der Waals surface area contributed by atoms with Gasteiger partial charge in [-0.15, -0.1) is 0 Å². The Balaban J connectivity index is 1.84. The van der Waals surface area contributed by atoms with Gasteiger partial charge in [0.1, 0.15) is 18.5 Å². The van der Waals surface area contributed by atoms with Crippen molar-refractivity contribution < 1.29 is 29.0 Å². The molecule has 2 aromatic heterocycles. The number of carbonyl (C=O) groups is 1. The third-order valence-corrected chi connectivity index (χ3v) is 5.76. The number of aryl methyl sites for hydroxylation is 1. The average molecular weight is 520 g/mol. The molecule has 11 nitrogen and oxygen atoms in total. The van der Waals surface area contributed by atoms with Crippen molar-refractivity contribution in [3.63, 3.8) is 0 Å². The fraction of sp³-hybridized carbons (Fsp3) is 0.417. The van der Waals surface area contributed by atoms with E-state index in [1.807, 2.05) is 31.0 Å². The van der Waals surface area contributed by atoms with Crippen molar-refractivity contribution in [2.45, 2.75) is 45.4 Å². The predicted octanol–water partition coefficient (Wildman–Crippen LogP) is 2.59. The Morgan fingerprint density at radius 3 is 2.56 bits per heavy atom. The van der Waals surface area contributed by atoms with Gasteiger partial charge in [-0.1, -0.05) is 16.8 Å². The highest BCUT2D eigenvalue weighted by Gasteiger charge is 2.21. The van der Waals surface area contributed by atoms with E-state index in [4.69, 9.17) is 31.3 Å². The fourth-order valence-electron chi connectivity index (χ4n) is 3.29. The summed E-state index contributed by atoms with van der Waals surface area (Å²) in [5.41, 5.74) is 7.07. The number of hydrogen-bond donors (Lipinski definition) is 3. The number of methoxy groups -OCH3 is 1. The Labute approximate surface area is 213 Å². The summed E-state index contributed by atoms with van der Waals surface area (Å²) in [6.45, 7) is 5.79. The molecular weight excluding hydrogens is 490 g/mol. The quantitative estimate of drug-likeness (QED) is 0.344. The number of nitrogens with zero attached hydrogens (tertiary/aromatic N) is 4. The molecule has 0 radical (unpaired) electrons. The van der Waals surface area contributed by atoms with E-state index in [9.17, 15) is 15.0 Å². The number of primary amides is 1. The van der Waals surface area contributed by atoms with Crippen molar-refractivity contribution in [1.29, 1.82) is 0 Å². The lowest BCUT2D eigenvalue weighted by molar-refractivity contribution is -0.127. The largest absolute Gasteiger partial charge is 0.493 e. The number of aliphatic hydroxyl groups is 2. The number of hydrogen-bond acceptors (Lipinski definition) is 10. The molecule has 0 spiro atoms. The summed E-state index contributed by atoms with van der Waals surface area (Å²) in [5, 5.41) is 23.8. The van der Waals surface area contributed by atoms with Crippen LogP contribution in [0.4, 0.5) is 5.82 Å². The first-order chi connectivity index (χ1) is 17.0. The molecule has 12 heteroatoms. The van der Waals surface area contributed by atoms with Gasteiger partial charge in [-0.25, -0.2) is 4.98 Å². The number of aliphatic hydroxyl groups excluding tert-OH is 2. The van der Waals surface area contributed by atoms with E-state index in [-0.39, 0.29) is 41.4 Å². The van der Waals surface area contributed by atoms with Gasteiger partial charge in [0.25, 0.3) is 5.89 Å². The third kappa shape index (κ3) is 6.42. The number of rotatable bonds is 11. The number of halogens is 1. The molecule has 36 heavy (non-hydrogen) atoms. The van der Waals surface area contributed by atoms with Gasteiger partial charge >= 0.3 is 0 Å². The third-order valence-electron chi connectivity index (χ3n) is 5.48. The van der Waals surface area contributed by atoms with Crippen LogP contribution in [0, 0.1) is 6.92 Å². The lowest BCUT2D eigenvalue weighted by atomic mass is 10.1. The van der Waals surface area contributed by atoms with E-state index in [2.05, 4.69) is 29.0 Å². The van der Waals surface area contributed by atoms with Crippen molar-refractivity contribution in [2.24, 2.45) is 5.73 Å². The summed E-state index contributed by atoms with van der Waals surface area (Å²) in [5.74, 6) is 0.905. The lowest BCUT2D eigenvalue weighted by Crippen LogP contribution is -2.33. The minimum atomic E-state index is -1.48. The molecule has 1 amide bonds. The zero-order chi connectivity index (χ0) is 26.6. The number of benzene rings is 1. The van der Waals surface area contributed by atoms with Gasteiger partial charge < -0.3 is 34.8 Å². The molecule has 4 N–H and O–H groups in total. The molecule has 1 aromatic carbocycles. The molecule has 0 aliphatic carbocycles. The van der Waals surface area contributed by atoms with Crippen molar-refractivity contribution in [3.05, 3.63) is 35.0 Å². The van der Waals surface area contributed by atoms with Crippen LogP contribution in [0.5, 0.6) is 11.5 Å². The molecule has 0 saturated carbocycles. The SMILES string of the molecule is COc1cc(-c2noc(-c3cc(C)nc(N(C)C(C)C)c3)n2)cc(Cl)c1OC[C@H](O)CC(O)C(N)=O. The number of ether oxygens (including phenoxy) is 2. The van der Waals surface area contributed by atoms with Crippen LogP contribution in [-0.2, 0) is 4.79 Å². The smallest absolute Gasteiger partial charge is 0.258 e. The van der Waals surface area contributed by atoms with Crippen LogP contribution in [0.1, 0.15) is 26.0 Å². The molecular formula is C24H30ClN5O6. The average Bonchev–Trinajstić information content (AvgIpc) is 3.32. The summed E-state index contributed by atoms with van der Waals surface area (Å²) >= 11 is 6.42. The van der Waals surface area contributed by atoms with E-state index >= 15 is 0 Å². The monoisotopic (exact) mass is 519 g/mol. The van der Waals surface area contributed by atoms with Gasteiger partial charge in [-0.2, -0.15) is 4.98 Å². The fourth-order valence-corrected chi connectivity index (χ4v) is 3.55. The highest BCUT2D eigenvalue weighted by molar-refractivity contribution is 6.32. The first kappa shape index (κ1) is 27.2. The van der Waals surface area contributed by atoms with Gasteiger partial charge in [0.05, 0.1) is 18.2 Å². The Morgan fingerprint density at radius 2 is 1.92 bits per heavy atom. The van der Waals surface area contributed by atoms with Crippen molar-refractivity contribution in [2.75, 3.05) is 25.7 Å². The summed E-state index contributed by atoms with van der Waals surface area (Å²) in [6, 6.07) is 7.20. The second kappa shape index (κ2) is 11.5. The summed E-state index contributed by atoms with van der Waals surface area (Å²) < 4.78 is 16.5. The van der Waals surface area contributed by atoms with E-state index < -0.39 is 18.1 Å². The van der Waals surface area contributed by atoms with E-state index in [1.165, 1.54) is 7.11 Å². The number of anilines is 1. The molecule has 3 aromatic rings. The number of amides is 1. The normalized spacial score (nSPS) is 12.9. The molecule has 3 rings (SSSR count).